The lowest BCUT2D eigenvalue weighted by molar-refractivity contribution is -0.166. The Morgan fingerprint density at radius 2 is 2.00 bits per heavy atom. The van der Waals surface area contributed by atoms with Gasteiger partial charge in [-0.1, -0.05) is 18.2 Å². The number of halogens is 3. The first kappa shape index (κ1) is 15.1. The van der Waals surface area contributed by atoms with Gasteiger partial charge in [-0.25, -0.2) is 0 Å². The van der Waals surface area contributed by atoms with Crippen molar-refractivity contribution in [1.29, 1.82) is 0 Å². The van der Waals surface area contributed by atoms with Gasteiger partial charge in [-0.2, -0.15) is 13.2 Å². The molecule has 114 valence electrons. The van der Waals surface area contributed by atoms with Gasteiger partial charge in [0.15, 0.2) is 0 Å². The maximum atomic E-state index is 12.5. The Balaban J connectivity index is 2.11. The van der Waals surface area contributed by atoms with Crippen molar-refractivity contribution in [2.45, 2.75) is 18.6 Å². The number of hydrogen-bond donors (Lipinski definition) is 2. The number of fused-ring (bicyclic) bond motifs is 1. The minimum atomic E-state index is -4.64. The molecule has 0 aromatic heterocycles. The Hall–Kier alpha value is -2.25. The van der Waals surface area contributed by atoms with Crippen molar-refractivity contribution in [2.75, 3.05) is 18.4 Å². The third-order valence-corrected chi connectivity index (χ3v) is 3.08. The van der Waals surface area contributed by atoms with Crippen LogP contribution in [0.2, 0.25) is 0 Å². The van der Waals surface area contributed by atoms with Crippen molar-refractivity contribution in [1.82, 2.24) is 4.90 Å². The molecule has 1 aliphatic heterocycles. The molecule has 0 saturated carbocycles. The summed E-state index contributed by atoms with van der Waals surface area (Å²) in [6, 6.07) is 6.11. The van der Waals surface area contributed by atoms with Gasteiger partial charge in [0.05, 0.1) is 0 Å². The molecule has 0 fully saturated rings. The average molecular weight is 302 g/mol. The monoisotopic (exact) mass is 302 g/mol. The number of carbonyl (C=O) groups excluding carboxylic acids is 1. The lowest BCUT2D eigenvalue weighted by Gasteiger charge is -2.25. The van der Waals surface area contributed by atoms with Crippen molar-refractivity contribution in [3.05, 3.63) is 29.8 Å². The van der Waals surface area contributed by atoms with Crippen LogP contribution in [0.1, 0.15) is 5.56 Å². The van der Waals surface area contributed by atoms with Crippen LogP contribution in [-0.4, -0.2) is 47.2 Å². The minimum absolute atomic E-state index is 0.239. The number of nitrogens with zero attached hydrogens (tertiary/aromatic N) is 1. The fourth-order valence-electron chi connectivity index (χ4n) is 2.26. The van der Waals surface area contributed by atoms with Crippen LogP contribution < -0.4 is 5.32 Å². The van der Waals surface area contributed by atoms with Gasteiger partial charge in [-0.15, -0.1) is 0 Å². The molecule has 1 aromatic carbocycles. The van der Waals surface area contributed by atoms with Crippen LogP contribution in [-0.2, 0) is 16.0 Å². The normalized spacial score (nSPS) is 17.0. The largest absolute Gasteiger partial charge is 0.480 e. The molecule has 1 amide bonds. The van der Waals surface area contributed by atoms with Crippen molar-refractivity contribution in [2.24, 2.45) is 0 Å². The number of anilines is 1. The van der Waals surface area contributed by atoms with Gasteiger partial charge < -0.3 is 15.3 Å². The molecule has 0 radical (unpaired) electrons. The predicted octanol–water partition coefficient (Wildman–Crippen LogP) is 1.50. The number of alkyl halides is 3. The first-order valence-electron chi connectivity index (χ1n) is 6.18. The molecule has 21 heavy (non-hydrogen) atoms. The van der Waals surface area contributed by atoms with E-state index in [1.54, 1.807) is 24.3 Å². The number of carboxylic acids is 1. The number of benzene rings is 1. The van der Waals surface area contributed by atoms with E-state index in [-0.39, 0.29) is 6.42 Å². The Bertz CT molecular complexity index is 535. The van der Waals surface area contributed by atoms with Crippen LogP contribution in [0.5, 0.6) is 0 Å². The topological polar surface area (TPSA) is 69.6 Å². The van der Waals surface area contributed by atoms with Crippen molar-refractivity contribution in [3.8, 4) is 0 Å². The molecule has 1 heterocycles. The van der Waals surface area contributed by atoms with E-state index >= 15 is 0 Å². The first-order valence-corrected chi connectivity index (χ1v) is 6.18. The summed E-state index contributed by atoms with van der Waals surface area (Å²) in [4.78, 5) is 23.1. The lowest BCUT2D eigenvalue weighted by Crippen LogP contribution is -2.48. The molecule has 1 unspecified atom stereocenters. The first-order chi connectivity index (χ1) is 9.76. The van der Waals surface area contributed by atoms with Crippen molar-refractivity contribution >= 4 is 17.6 Å². The van der Waals surface area contributed by atoms with Gasteiger partial charge in [-0.3, -0.25) is 9.59 Å². The molecular formula is C13H13F3N2O3. The number of aliphatic carboxylic acids is 1. The molecule has 1 atom stereocenters. The van der Waals surface area contributed by atoms with Crippen molar-refractivity contribution < 1.29 is 27.9 Å². The highest BCUT2D eigenvalue weighted by atomic mass is 19.4. The highest BCUT2D eigenvalue weighted by molar-refractivity contribution is 5.89. The molecule has 2 N–H and O–H groups in total. The number of carboxylic acid groups (broad SMARTS) is 1. The molecule has 0 aliphatic carbocycles. The number of para-hydroxylation sites is 1. The molecule has 1 aromatic rings. The summed E-state index contributed by atoms with van der Waals surface area (Å²) in [7, 11) is 0. The second kappa shape index (κ2) is 5.63. The van der Waals surface area contributed by atoms with E-state index in [1.165, 1.54) is 0 Å². The zero-order valence-electron chi connectivity index (χ0n) is 10.9. The van der Waals surface area contributed by atoms with Gasteiger partial charge in [0.2, 0.25) is 5.91 Å². The third kappa shape index (κ3) is 3.87. The standard InChI is InChI=1S/C13H13F3N2O3/c14-13(15,16)7-18(6-11(19)20)12(21)10-5-8-3-1-2-4-9(8)17-10/h1-4,10,17H,5-7H2,(H,19,20). The quantitative estimate of drug-likeness (QED) is 0.884. The second-order valence-electron chi connectivity index (χ2n) is 4.76. The summed E-state index contributed by atoms with van der Waals surface area (Å²) >= 11 is 0. The Labute approximate surface area is 118 Å². The Morgan fingerprint density at radius 3 is 2.57 bits per heavy atom. The smallest absolute Gasteiger partial charge is 0.406 e. The van der Waals surface area contributed by atoms with E-state index in [2.05, 4.69) is 5.32 Å². The molecule has 8 heteroatoms. The SMILES string of the molecule is O=C(O)CN(CC(F)(F)F)C(=O)C1Cc2ccccc2N1. The number of amides is 1. The van der Waals surface area contributed by atoms with E-state index in [0.29, 0.717) is 10.6 Å². The summed E-state index contributed by atoms with van der Waals surface area (Å²) in [6.07, 6.45) is -4.40. The van der Waals surface area contributed by atoms with E-state index in [1.807, 2.05) is 0 Å². The zero-order valence-corrected chi connectivity index (χ0v) is 10.9. The molecule has 2 rings (SSSR count). The summed E-state index contributed by atoms with van der Waals surface area (Å²) in [5.41, 5.74) is 1.50. The summed E-state index contributed by atoms with van der Waals surface area (Å²) in [5.74, 6) is -2.35. The second-order valence-corrected chi connectivity index (χ2v) is 4.76. The zero-order chi connectivity index (χ0) is 15.6. The van der Waals surface area contributed by atoms with E-state index in [0.717, 1.165) is 5.56 Å². The summed E-state index contributed by atoms with van der Waals surface area (Å²) < 4.78 is 37.4. The van der Waals surface area contributed by atoms with E-state index in [4.69, 9.17) is 5.11 Å². The van der Waals surface area contributed by atoms with Crippen LogP contribution in [0.25, 0.3) is 0 Å². The van der Waals surface area contributed by atoms with Gasteiger partial charge in [-0.05, 0) is 11.6 Å². The third-order valence-electron chi connectivity index (χ3n) is 3.08. The fraction of sp³-hybridized carbons (Fsp3) is 0.385. The van der Waals surface area contributed by atoms with E-state index in [9.17, 15) is 22.8 Å². The number of nitrogens with one attached hydrogen (secondary N) is 1. The maximum Gasteiger partial charge on any atom is 0.406 e. The van der Waals surface area contributed by atoms with Crippen LogP contribution in [0.15, 0.2) is 24.3 Å². The van der Waals surface area contributed by atoms with Gasteiger partial charge in [0.25, 0.3) is 0 Å². The van der Waals surface area contributed by atoms with Gasteiger partial charge >= 0.3 is 12.1 Å². The molecule has 0 spiro atoms. The molecular weight excluding hydrogens is 289 g/mol. The molecule has 1 aliphatic rings. The number of rotatable bonds is 4. The number of carbonyl (C=O) groups is 2. The van der Waals surface area contributed by atoms with Crippen LogP contribution in [0.3, 0.4) is 0 Å². The van der Waals surface area contributed by atoms with E-state index < -0.39 is 37.2 Å². The van der Waals surface area contributed by atoms with Crippen LogP contribution in [0.4, 0.5) is 18.9 Å². The Kier molecular flexibility index (Phi) is 4.06. The minimum Gasteiger partial charge on any atom is -0.480 e. The van der Waals surface area contributed by atoms with Crippen LogP contribution >= 0.6 is 0 Å². The Morgan fingerprint density at radius 1 is 1.33 bits per heavy atom. The summed E-state index contributed by atoms with van der Waals surface area (Å²) in [5, 5.41) is 11.5. The highest BCUT2D eigenvalue weighted by Crippen LogP contribution is 2.27. The number of hydrogen-bond acceptors (Lipinski definition) is 3. The average Bonchev–Trinajstić information content (AvgIpc) is 2.78. The van der Waals surface area contributed by atoms with Crippen LogP contribution in [0, 0.1) is 0 Å². The lowest BCUT2D eigenvalue weighted by atomic mass is 10.1. The molecule has 5 nitrogen and oxygen atoms in total. The fourth-order valence-corrected chi connectivity index (χ4v) is 2.26. The van der Waals surface area contributed by atoms with Gasteiger partial charge in [0, 0.05) is 12.1 Å². The van der Waals surface area contributed by atoms with Crippen molar-refractivity contribution in [3.63, 3.8) is 0 Å². The van der Waals surface area contributed by atoms with Gasteiger partial charge in [0.1, 0.15) is 19.1 Å². The molecule has 0 bridgehead atoms. The summed E-state index contributed by atoms with van der Waals surface area (Å²) in [6.45, 7) is -2.56. The molecule has 0 saturated heterocycles. The maximum absolute atomic E-state index is 12.5. The highest BCUT2D eigenvalue weighted by Gasteiger charge is 2.37. The predicted molar refractivity (Wildman–Crippen MR) is 67.8 cm³/mol.